The molecule has 1 amide bonds. The number of amides is 1. The van der Waals surface area contributed by atoms with Gasteiger partial charge in [-0.25, -0.2) is 14.6 Å². The third kappa shape index (κ3) is 6.07. The van der Waals surface area contributed by atoms with Gasteiger partial charge in [-0.2, -0.15) is 10.2 Å². The van der Waals surface area contributed by atoms with Gasteiger partial charge in [0.2, 0.25) is 0 Å². The van der Waals surface area contributed by atoms with Gasteiger partial charge in [-0.3, -0.25) is 10.2 Å². The summed E-state index contributed by atoms with van der Waals surface area (Å²) in [5.41, 5.74) is 7.39. The average Bonchev–Trinajstić information content (AvgIpc) is 3.30. The first kappa shape index (κ1) is 24.0. The molecule has 2 N–H and O–H groups in total. The van der Waals surface area contributed by atoms with Crippen molar-refractivity contribution in [1.82, 2.24) is 30.0 Å². The standard InChI is InChI=1S/C26H30N8O/c1-4-6-19-7-5-8-22(15-19)34-25-23(17-31-34)24(28-18-29-25)32-30-16-20-9-11-21(12-10-20)26(35)27-13-14-33(2)3/h5,7-12,15-18H,4,6,13-14H2,1-3H3,(H,27,35)(H,28,29,32)/b30-16+. The van der Waals surface area contributed by atoms with Crippen LogP contribution in [0, 0.1) is 0 Å². The van der Waals surface area contributed by atoms with Crippen LogP contribution in [0.1, 0.15) is 34.8 Å². The van der Waals surface area contributed by atoms with E-state index in [4.69, 9.17) is 0 Å². The van der Waals surface area contributed by atoms with E-state index < -0.39 is 0 Å². The molecule has 0 saturated carbocycles. The number of aromatic nitrogens is 4. The van der Waals surface area contributed by atoms with Crippen molar-refractivity contribution in [2.75, 3.05) is 32.6 Å². The van der Waals surface area contributed by atoms with Gasteiger partial charge in [-0.15, -0.1) is 0 Å². The summed E-state index contributed by atoms with van der Waals surface area (Å²) in [5.74, 6) is 0.480. The summed E-state index contributed by atoms with van der Waals surface area (Å²) < 4.78 is 1.81. The molecular weight excluding hydrogens is 440 g/mol. The van der Waals surface area contributed by atoms with Gasteiger partial charge in [-0.05, 0) is 55.9 Å². The number of nitrogens with zero attached hydrogens (tertiary/aromatic N) is 6. The first-order valence-electron chi connectivity index (χ1n) is 11.6. The second-order valence-corrected chi connectivity index (χ2v) is 8.49. The van der Waals surface area contributed by atoms with Gasteiger partial charge in [0, 0.05) is 18.7 Å². The van der Waals surface area contributed by atoms with Crippen LogP contribution in [0.15, 0.2) is 66.2 Å². The fourth-order valence-corrected chi connectivity index (χ4v) is 3.64. The topological polar surface area (TPSA) is 100 Å². The summed E-state index contributed by atoms with van der Waals surface area (Å²) in [4.78, 5) is 23.0. The van der Waals surface area contributed by atoms with E-state index in [0.717, 1.165) is 36.0 Å². The number of carbonyl (C=O) groups is 1. The van der Waals surface area contributed by atoms with Gasteiger partial charge in [-0.1, -0.05) is 37.6 Å². The molecule has 0 aliphatic rings. The summed E-state index contributed by atoms with van der Waals surface area (Å²) in [6.45, 7) is 3.57. The monoisotopic (exact) mass is 470 g/mol. The zero-order chi connectivity index (χ0) is 24.6. The van der Waals surface area contributed by atoms with Crippen LogP contribution in [-0.4, -0.2) is 64.0 Å². The van der Waals surface area contributed by atoms with Gasteiger partial charge in [0.25, 0.3) is 5.91 Å². The largest absolute Gasteiger partial charge is 0.351 e. The second-order valence-electron chi connectivity index (χ2n) is 8.49. The maximum atomic E-state index is 12.2. The van der Waals surface area contributed by atoms with Gasteiger partial charge in [0.05, 0.1) is 23.5 Å². The van der Waals surface area contributed by atoms with E-state index in [1.54, 1.807) is 24.5 Å². The van der Waals surface area contributed by atoms with Crippen LogP contribution < -0.4 is 10.7 Å². The van der Waals surface area contributed by atoms with Crippen LogP contribution in [0.25, 0.3) is 16.7 Å². The number of anilines is 1. The SMILES string of the molecule is CCCc1cccc(-n2ncc3c(N/N=C/c4ccc(C(=O)NCCN(C)C)cc4)ncnc32)c1. The number of benzene rings is 2. The Hall–Kier alpha value is -4.11. The Bertz CT molecular complexity index is 1310. The fraction of sp³-hybridized carbons (Fsp3) is 0.269. The highest BCUT2D eigenvalue weighted by Gasteiger charge is 2.11. The molecule has 0 unspecified atom stereocenters. The van der Waals surface area contributed by atoms with Gasteiger partial charge < -0.3 is 10.2 Å². The van der Waals surface area contributed by atoms with Crippen LogP contribution in [0.3, 0.4) is 0 Å². The molecule has 0 spiro atoms. The van der Waals surface area contributed by atoms with Crippen LogP contribution >= 0.6 is 0 Å². The molecule has 0 radical (unpaired) electrons. The molecule has 0 atom stereocenters. The van der Waals surface area contributed by atoms with E-state index >= 15 is 0 Å². The molecule has 2 aromatic carbocycles. The first-order valence-corrected chi connectivity index (χ1v) is 11.6. The second kappa shape index (κ2) is 11.3. The maximum absolute atomic E-state index is 12.2. The van der Waals surface area contributed by atoms with Crippen molar-refractivity contribution < 1.29 is 4.79 Å². The normalized spacial score (nSPS) is 11.4. The Morgan fingerprint density at radius 1 is 1.14 bits per heavy atom. The predicted octanol–water partition coefficient (Wildman–Crippen LogP) is 3.51. The Balaban J connectivity index is 1.44. The molecule has 9 nitrogen and oxygen atoms in total. The highest BCUT2D eigenvalue weighted by Crippen LogP contribution is 2.22. The smallest absolute Gasteiger partial charge is 0.251 e. The highest BCUT2D eigenvalue weighted by molar-refractivity contribution is 5.95. The molecular formula is C26H30N8O. The van der Waals surface area contributed by atoms with Crippen molar-refractivity contribution in [2.24, 2.45) is 5.10 Å². The van der Waals surface area contributed by atoms with Crippen molar-refractivity contribution in [1.29, 1.82) is 0 Å². The molecule has 9 heteroatoms. The van der Waals surface area contributed by atoms with E-state index in [1.165, 1.54) is 11.9 Å². The summed E-state index contributed by atoms with van der Waals surface area (Å²) in [6.07, 6.45) is 7.03. The number of likely N-dealkylation sites (N-methyl/N-ethyl adjacent to an activating group) is 1. The fourth-order valence-electron chi connectivity index (χ4n) is 3.64. The van der Waals surface area contributed by atoms with E-state index in [2.05, 4.69) is 50.0 Å². The first-order chi connectivity index (χ1) is 17.0. The quantitative estimate of drug-likeness (QED) is 0.272. The number of nitrogens with one attached hydrogen (secondary N) is 2. The average molecular weight is 471 g/mol. The van der Waals surface area contributed by atoms with E-state index in [-0.39, 0.29) is 5.91 Å². The molecule has 0 aliphatic carbocycles. The van der Waals surface area contributed by atoms with Gasteiger partial charge in [0.15, 0.2) is 11.5 Å². The van der Waals surface area contributed by atoms with Crippen LogP contribution in [0.5, 0.6) is 0 Å². The lowest BCUT2D eigenvalue weighted by molar-refractivity contribution is 0.0951. The molecule has 2 heterocycles. The van der Waals surface area contributed by atoms with Gasteiger partial charge in [0.1, 0.15) is 6.33 Å². The number of hydrazone groups is 1. The maximum Gasteiger partial charge on any atom is 0.251 e. The number of aryl methyl sites for hydroxylation is 1. The van der Waals surface area contributed by atoms with Crippen molar-refractivity contribution >= 4 is 29.0 Å². The van der Waals surface area contributed by atoms with Gasteiger partial charge >= 0.3 is 0 Å². The molecule has 35 heavy (non-hydrogen) atoms. The molecule has 4 aromatic rings. The Kier molecular flexibility index (Phi) is 7.79. The number of rotatable bonds is 10. The zero-order valence-corrected chi connectivity index (χ0v) is 20.3. The lowest BCUT2D eigenvalue weighted by Crippen LogP contribution is -2.31. The van der Waals surface area contributed by atoms with Crippen molar-refractivity contribution in [3.05, 3.63) is 77.7 Å². The van der Waals surface area contributed by atoms with Crippen LogP contribution in [-0.2, 0) is 6.42 Å². The molecule has 0 aliphatic heterocycles. The van der Waals surface area contributed by atoms with Crippen LogP contribution in [0.2, 0.25) is 0 Å². The summed E-state index contributed by atoms with van der Waals surface area (Å²) in [7, 11) is 3.94. The minimum absolute atomic E-state index is 0.0888. The number of fused-ring (bicyclic) bond motifs is 1. The number of hydrogen-bond donors (Lipinski definition) is 2. The Labute approximate surface area is 204 Å². The van der Waals surface area contributed by atoms with Crippen molar-refractivity contribution in [2.45, 2.75) is 19.8 Å². The van der Waals surface area contributed by atoms with E-state index in [0.29, 0.717) is 23.6 Å². The third-order valence-electron chi connectivity index (χ3n) is 5.46. The molecule has 180 valence electrons. The van der Waals surface area contributed by atoms with Crippen molar-refractivity contribution in [3.8, 4) is 5.69 Å². The third-order valence-corrected chi connectivity index (χ3v) is 5.46. The zero-order valence-electron chi connectivity index (χ0n) is 20.3. The van der Waals surface area contributed by atoms with Crippen molar-refractivity contribution in [3.63, 3.8) is 0 Å². The number of carbonyl (C=O) groups excluding carboxylic acids is 1. The molecule has 0 bridgehead atoms. The summed E-state index contributed by atoms with van der Waals surface area (Å²) in [5, 5.41) is 12.5. The molecule has 2 aromatic heterocycles. The van der Waals surface area contributed by atoms with Crippen LogP contribution in [0.4, 0.5) is 5.82 Å². The van der Waals surface area contributed by atoms with E-state index in [1.807, 2.05) is 47.9 Å². The predicted molar refractivity (Wildman–Crippen MR) is 139 cm³/mol. The minimum atomic E-state index is -0.0888. The molecule has 0 saturated heterocycles. The summed E-state index contributed by atoms with van der Waals surface area (Å²) >= 11 is 0. The lowest BCUT2D eigenvalue weighted by Gasteiger charge is -2.10. The highest BCUT2D eigenvalue weighted by atomic mass is 16.1. The minimum Gasteiger partial charge on any atom is -0.351 e. The summed E-state index contributed by atoms with van der Waals surface area (Å²) in [6, 6.07) is 15.6. The Morgan fingerprint density at radius 3 is 2.74 bits per heavy atom. The van der Waals surface area contributed by atoms with E-state index in [9.17, 15) is 4.79 Å². The molecule has 0 fully saturated rings. The number of hydrogen-bond acceptors (Lipinski definition) is 7. The lowest BCUT2D eigenvalue weighted by atomic mass is 10.1. The Morgan fingerprint density at radius 2 is 1.97 bits per heavy atom. The molecule has 4 rings (SSSR count).